The average Bonchev–Trinajstić information content (AvgIpc) is 2.37. The third kappa shape index (κ3) is 2.39. The van der Waals surface area contributed by atoms with E-state index in [1.54, 1.807) is 0 Å². The van der Waals surface area contributed by atoms with Gasteiger partial charge in [-0.3, -0.25) is 0 Å². The Hall–Kier alpha value is -1.61. The second-order valence-electron chi connectivity index (χ2n) is 4.21. The van der Waals surface area contributed by atoms with Crippen LogP contribution in [-0.4, -0.2) is 25.6 Å². The Labute approximate surface area is 102 Å². The van der Waals surface area contributed by atoms with Crippen molar-refractivity contribution >= 4 is 16.7 Å². The summed E-state index contributed by atoms with van der Waals surface area (Å²) < 4.78 is 0. The SMILES string of the molecule is CCN(C)c1nc2ccccc2cc1CNC. The summed E-state index contributed by atoms with van der Waals surface area (Å²) in [5.74, 6) is 1.07. The minimum Gasteiger partial charge on any atom is -0.360 e. The van der Waals surface area contributed by atoms with Crippen LogP contribution in [0.5, 0.6) is 0 Å². The number of nitrogens with zero attached hydrogens (tertiary/aromatic N) is 2. The van der Waals surface area contributed by atoms with Gasteiger partial charge in [-0.15, -0.1) is 0 Å². The van der Waals surface area contributed by atoms with Gasteiger partial charge < -0.3 is 10.2 Å². The van der Waals surface area contributed by atoms with Gasteiger partial charge in [0.1, 0.15) is 5.82 Å². The number of rotatable bonds is 4. The molecule has 17 heavy (non-hydrogen) atoms. The fourth-order valence-electron chi connectivity index (χ4n) is 1.95. The molecule has 0 aliphatic rings. The van der Waals surface area contributed by atoms with Crippen molar-refractivity contribution < 1.29 is 0 Å². The molecule has 0 fully saturated rings. The summed E-state index contributed by atoms with van der Waals surface area (Å²) in [6.45, 7) is 3.94. The van der Waals surface area contributed by atoms with Crippen LogP contribution in [0, 0.1) is 0 Å². The zero-order valence-electron chi connectivity index (χ0n) is 10.7. The van der Waals surface area contributed by atoms with Crippen LogP contribution in [0.4, 0.5) is 5.82 Å². The monoisotopic (exact) mass is 229 g/mol. The van der Waals surface area contributed by atoms with Crippen molar-refractivity contribution in [2.45, 2.75) is 13.5 Å². The molecular formula is C14H19N3. The van der Waals surface area contributed by atoms with Crippen LogP contribution in [0.2, 0.25) is 0 Å². The maximum Gasteiger partial charge on any atom is 0.133 e. The van der Waals surface area contributed by atoms with Crippen LogP contribution < -0.4 is 10.2 Å². The summed E-state index contributed by atoms with van der Waals surface area (Å²) >= 11 is 0. The van der Waals surface area contributed by atoms with Crippen molar-refractivity contribution in [1.82, 2.24) is 10.3 Å². The molecule has 3 heteroatoms. The summed E-state index contributed by atoms with van der Waals surface area (Å²) in [6.07, 6.45) is 0. The molecule has 0 unspecified atom stereocenters. The summed E-state index contributed by atoms with van der Waals surface area (Å²) in [5.41, 5.74) is 2.30. The highest BCUT2D eigenvalue weighted by molar-refractivity contribution is 5.81. The highest BCUT2D eigenvalue weighted by atomic mass is 15.2. The Bertz CT molecular complexity index is 508. The second-order valence-corrected chi connectivity index (χ2v) is 4.21. The first-order valence-electron chi connectivity index (χ1n) is 6.00. The molecule has 0 bridgehead atoms. The normalized spacial score (nSPS) is 10.8. The molecular weight excluding hydrogens is 210 g/mol. The number of benzene rings is 1. The van der Waals surface area contributed by atoms with E-state index in [0.29, 0.717) is 0 Å². The third-order valence-electron chi connectivity index (χ3n) is 2.98. The van der Waals surface area contributed by atoms with Gasteiger partial charge in [0.15, 0.2) is 0 Å². The van der Waals surface area contributed by atoms with Gasteiger partial charge in [0.2, 0.25) is 0 Å². The van der Waals surface area contributed by atoms with Gasteiger partial charge in [0, 0.05) is 31.1 Å². The van der Waals surface area contributed by atoms with Crippen LogP contribution >= 0.6 is 0 Å². The first-order valence-corrected chi connectivity index (χ1v) is 6.00. The molecule has 1 heterocycles. The first-order chi connectivity index (χ1) is 8.26. The lowest BCUT2D eigenvalue weighted by atomic mass is 10.1. The third-order valence-corrected chi connectivity index (χ3v) is 2.98. The van der Waals surface area contributed by atoms with E-state index in [0.717, 1.165) is 24.4 Å². The highest BCUT2D eigenvalue weighted by Gasteiger charge is 2.09. The second kappa shape index (κ2) is 5.15. The Kier molecular flexibility index (Phi) is 3.59. The number of para-hydroxylation sites is 1. The molecule has 0 saturated carbocycles. The number of aromatic nitrogens is 1. The van der Waals surface area contributed by atoms with Crippen LogP contribution in [0.1, 0.15) is 12.5 Å². The minimum atomic E-state index is 0.845. The fraction of sp³-hybridized carbons (Fsp3) is 0.357. The van der Waals surface area contributed by atoms with Crippen molar-refractivity contribution in [3.05, 3.63) is 35.9 Å². The van der Waals surface area contributed by atoms with E-state index in [9.17, 15) is 0 Å². The Morgan fingerprint density at radius 2 is 2.06 bits per heavy atom. The summed E-state index contributed by atoms with van der Waals surface area (Å²) in [5, 5.41) is 4.40. The average molecular weight is 229 g/mol. The summed E-state index contributed by atoms with van der Waals surface area (Å²) in [7, 11) is 4.04. The highest BCUT2D eigenvalue weighted by Crippen LogP contribution is 2.22. The lowest BCUT2D eigenvalue weighted by Gasteiger charge is -2.20. The van der Waals surface area contributed by atoms with Gasteiger partial charge in [0.05, 0.1) is 5.52 Å². The maximum absolute atomic E-state index is 4.75. The van der Waals surface area contributed by atoms with E-state index in [-0.39, 0.29) is 0 Å². The van der Waals surface area contributed by atoms with Crippen molar-refractivity contribution in [2.24, 2.45) is 0 Å². The Morgan fingerprint density at radius 3 is 2.76 bits per heavy atom. The van der Waals surface area contributed by atoms with Gasteiger partial charge in [0.25, 0.3) is 0 Å². The quantitative estimate of drug-likeness (QED) is 0.872. The minimum absolute atomic E-state index is 0.845. The Balaban J connectivity index is 2.57. The molecule has 0 aliphatic heterocycles. The van der Waals surface area contributed by atoms with E-state index in [1.165, 1.54) is 10.9 Å². The van der Waals surface area contributed by atoms with Crippen molar-refractivity contribution in [3.63, 3.8) is 0 Å². The van der Waals surface area contributed by atoms with E-state index >= 15 is 0 Å². The fourth-order valence-corrected chi connectivity index (χ4v) is 1.95. The van der Waals surface area contributed by atoms with Crippen LogP contribution in [0.25, 0.3) is 10.9 Å². The number of hydrogen-bond donors (Lipinski definition) is 1. The van der Waals surface area contributed by atoms with Crippen molar-refractivity contribution in [3.8, 4) is 0 Å². The van der Waals surface area contributed by atoms with Gasteiger partial charge >= 0.3 is 0 Å². The predicted molar refractivity (Wildman–Crippen MR) is 73.5 cm³/mol. The molecule has 2 aromatic rings. The van der Waals surface area contributed by atoms with Crippen LogP contribution in [-0.2, 0) is 6.54 Å². The zero-order chi connectivity index (χ0) is 12.3. The molecule has 0 radical (unpaired) electrons. The molecule has 1 N–H and O–H groups in total. The molecule has 0 amide bonds. The number of nitrogens with one attached hydrogen (secondary N) is 1. The molecule has 0 spiro atoms. The van der Waals surface area contributed by atoms with Gasteiger partial charge in [-0.1, -0.05) is 18.2 Å². The Morgan fingerprint density at radius 1 is 1.29 bits per heavy atom. The molecule has 1 aromatic carbocycles. The molecule has 0 aliphatic carbocycles. The number of pyridine rings is 1. The molecule has 2 rings (SSSR count). The maximum atomic E-state index is 4.75. The summed E-state index contributed by atoms with van der Waals surface area (Å²) in [4.78, 5) is 6.93. The lowest BCUT2D eigenvalue weighted by molar-refractivity contribution is 0.804. The zero-order valence-corrected chi connectivity index (χ0v) is 10.7. The van der Waals surface area contributed by atoms with E-state index in [4.69, 9.17) is 4.98 Å². The van der Waals surface area contributed by atoms with Crippen molar-refractivity contribution in [1.29, 1.82) is 0 Å². The molecule has 0 saturated heterocycles. The molecule has 1 aromatic heterocycles. The van der Waals surface area contributed by atoms with Crippen LogP contribution in [0.15, 0.2) is 30.3 Å². The largest absolute Gasteiger partial charge is 0.360 e. The molecule has 3 nitrogen and oxygen atoms in total. The lowest BCUT2D eigenvalue weighted by Crippen LogP contribution is -2.20. The van der Waals surface area contributed by atoms with Crippen molar-refractivity contribution in [2.75, 3.05) is 25.5 Å². The number of hydrogen-bond acceptors (Lipinski definition) is 3. The van der Waals surface area contributed by atoms with E-state index < -0.39 is 0 Å². The summed E-state index contributed by atoms with van der Waals surface area (Å²) in [6, 6.07) is 10.5. The number of anilines is 1. The standard InChI is InChI=1S/C14H19N3/c1-4-17(3)14-12(10-15-2)9-11-7-5-6-8-13(11)16-14/h5-9,15H,4,10H2,1-3H3. The van der Waals surface area contributed by atoms with Gasteiger partial charge in [-0.2, -0.15) is 0 Å². The van der Waals surface area contributed by atoms with Gasteiger partial charge in [-0.05, 0) is 26.1 Å². The number of fused-ring (bicyclic) bond motifs is 1. The molecule has 0 atom stereocenters. The topological polar surface area (TPSA) is 28.2 Å². The predicted octanol–water partition coefficient (Wildman–Crippen LogP) is 2.41. The van der Waals surface area contributed by atoms with E-state index in [2.05, 4.69) is 48.5 Å². The van der Waals surface area contributed by atoms with Crippen LogP contribution in [0.3, 0.4) is 0 Å². The first kappa shape index (κ1) is 11.9. The van der Waals surface area contributed by atoms with E-state index in [1.807, 2.05) is 13.1 Å². The smallest absolute Gasteiger partial charge is 0.133 e. The molecule has 90 valence electrons. The van der Waals surface area contributed by atoms with Gasteiger partial charge in [-0.25, -0.2) is 4.98 Å².